The van der Waals surface area contributed by atoms with Crippen molar-refractivity contribution < 1.29 is 9.18 Å². The van der Waals surface area contributed by atoms with Gasteiger partial charge in [-0.05, 0) is 63.0 Å². The van der Waals surface area contributed by atoms with Crippen molar-refractivity contribution in [2.24, 2.45) is 0 Å². The van der Waals surface area contributed by atoms with Crippen molar-refractivity contribution in [3.8, 4) is 0 Å². The number of rotatable bonds is 6. The van der Waals surface area contributed by atoms with Crippen LogP contribution < -0.4 is 16.6 Å². The molecule has 36 heavy (non-hydrogen) atoms. The van der Waals surface area contributed by atoms with Crippen molar-refractivity contribution >= 4 is 28.7 Å². The van der Waals surface area contributed by atoms with E-state index in [0.717, 1.165) is 36.4 Å². The lowest BCUT2D eigenvalue weighted by Gasteiger charge is -2.31. The van der Waals surface area contributed by atoms with E-state index in [-0.39, 0.29) is 40.8 Å². The van der Waals surface area contributed by atoms with Crippen molar-refractivity contribution in [3.05, 3.63) is 57.1 Å². The molecule has 0 unspecified atom stereocenters. The molecule has 1 aliphatic heterocycles. The molecular weight excluding hydrogens is 483 g/mol. The predicted molar refractivity (Wildman–Crippen MR) is 137 cm³/mol. The molecule has 1 saturated heterocycles. The molecule has 2 fully saturated rings. The van der Waals surface area contributed by atoms with Gasteiger partial charge in [-0.15, -0.1) is 0 Å². The largest absolute Gasteiger partial charge is 0.353 e. The predicted octanol–water partition coefficient (Wildman–Crippen LogP) is 2.96. The second-order valence-electron chi connectivity index (χ2n) is 9.69. The van der Waals surface area contributed by atoms with Crippen LogP contribution in [0, 0.1) is 12.7 Å². The molecule has 0 atom stereocenters. The number of fused-ring (bicyclic) bond motifs is 1. The number of aryl methyl sites for hydroxylation is 2. The third-order valence-electron chi connectivity index (χ3n) is 7.41. The van der Waals surface area contributed by atoms with Crippen LogP contribution in [0.25, 0.3) is 11.0 Å². The zero-order chi connectivity index (χ0) is 25.2. The summed E-state index contributed by atoms with van der Waals surface area (Å²) in [6, 6.07) is 0.859. The number of hydrogen-bond acceptors (Lipinski definition) is 6. The van der Waals surface area contributed by atoms with E-state index < -0.39 is 11.4 Å². The van der Waals surface area contributed by atoms with Gasteiger partial charge in [-0.3, -0.25) is 18.7 Å². The second-order valence-corrected chi connectivity index (χ2v) is 10.9. The average Bonchev–Trinajstić information content (AvgIpc) is 3.29. The van der Waals surface area contributed by atoms with Crippen molar-refractivity contribution in [1.29, 1.82) is 0 Å². The molecule has 0 bridgehead atoms. The maximum absolute atomic E-state index is 14.1. The Morgan fingerprint density at radius 1 is 1.08 bits per heavy atom. The number of thioether (sulfide) groups is 1. The van der Waals surface area contributed by atoms with Crippen molar-refractivity contribution in [3.63, 3.8) is 0 Å². The number of nitrogens with one attached hydrogen (secondary N) is 1. The number of hydrogen-bond donors (Lipinski definition) is 1. The molecule has 0 spiro atoms. The van der Waals surface area contributed by atoms with Gasteiger partial charge in [0.1, 0.15) is 17.3 Å². The molecule has 192 valence electrons. The topological polar surface area (TPSA) is 104 Å². The van der Waals surface area contributed by atoms with Crippen LogP contribution in [-0.4, -0.2) is 47.1 Å². The fraction of sp³-hybridized carbons (Fsp3) is 0.560. The van der Waals surface area contributed by atoms with E-state index in [1.165, 1.54) is 10.6 Å². The van der Waals surface area contributed by atoms with Crippen molar-refractivity contribution in [2.45, 2.75) is 76.5 Å². The Kier molecular flexibility index (Phi) is 7.27. The molecule has 11 heteroatoms. The van der Waals surface area contributed by atoms with Gasteiger partial charge in [-0.2, -0.15) is 11.8 Å². The minimum Gasteiger partial charge on any atom is -0.353 e. The van der Waals surface area contributed by atoms with Gasteiger partial charge in [0.25, 0.3) is 5.56 Å². The Morgan fingerprint density at radius 2 is 1.81 bits per heavy atom. The van der Waals surface area contributed by atoms with Crippen molar-refractivity contribution in [2.75, 3.05) is 11.5 Å². The van der Waals surface area contributed by atoms with E-state index in [0.29, 0.717) is 38.6 Å². The number of nitrogens with zero attached hydrogens (tertiary/aromatic N) is 5. The van der Waals surface area contributed by atoms with Gasteiger partial charge in [0.15, 0.2) is 0 Å². The van der Waals surface area contributed by atoms with Crippen LogP contribution >= 0.6 is 11.8 Å². The van der Waals surface area contributed by atoms with E-state index >= 15 is 0 Å². The zero-order valence-electron chi connectivity index (χ0n) is 20.4. The third-order valence-corrected chi connectivity index (χ3v) is 8.46. The molecule has 4 heterocycles. The second kappa shape index (κ2) is 10.6. The number of pyridine rings is 1. The number of halogens is 1. The summed E-state index contributed by atoms with van der Waals surface area (Å²) >= 11 is 1.85. The Labute approximate surface area is 212 Å². The first-order valence-electron chi connectivity index (χ1n) is 12.6. The lowest BCUT2D eigenvalue weighted by molar-refractivity contribution is -0.122. The highest BCUT2D eigenvalue weighted by Gasteiger charge is 2.29. The molecule has 2 aliphatic rings. The van der Waals surface area contributed by atoms with Crippen LogP contribution in [0.4, 0.5) is 4.39 Å². The number of carbonyl (C=O) groups is 1. The molecule has 3 aromatic heterocycles. The van der Waals surface area contributed by atoms with Gasteiger partial charge in [0.2, 0.25) is 5.91 Å². The first-order valence-corrected chi connectivity index (χ1v) is 13.7. The quantitative estimate of drug-likeness (QED) is 0.543. The molecule has 1 N–H and O–H groups in total. The summed E-state index contributed by atoms with van der Waals surface area (Å²) in [4.78, 5) is 47.9. The first kappa shape index (κ1) is 24.7. The summed E-state index contributed by atoms with van der Waals surface area (Å²) in [5, 5.41) is 3.25. The van der Waals surface area contributed by atoms with Crippen LogP contribution in [0.1, 0.15) is 62.9 Å². The summed E-state index contributed by atoms with van der Waals surface area (Å²) in [6.07, 6.45) is 9.17. The SMILES string of the molecule is Cc1nccn1CCC(=O)NC1CCC(n2c(=O)c3cc(F)cnc3n(C3CCSCC3)c2=O)CC1. The third kappa shape index (κ3) is 4.98. The van der Waals surface area contributed by atoms with E-state index in [4.69, 9.17) is 0 Å². The minimum absolute atomic E-state index is 0.00509. The van der Waals surface area contributed by atoms with Crippen LogP contribution in [-0.2, 0) is 11.3 Å². The van der Waals surface area contributed by atoms with E-state index in [1.54, 1.807) is 10.8 Å². The smallest absolute Gasteiger partial charge is 0.333 e. The highest BCUT2D eigenvalue weighted by Crippen LogP contribution is 2.30. The number of imidazole rings is 1. The fourth-order valence-electron chi connectivity index (χ4n) is 5.44. The van der Waals surface area contributed by atoms with Gasteiger partial charge < -0.3 is 9.88 Å². The van der Waals surface area contributed by atoms with Gasteiger partial charge in [0, 0.05) is 43.5 Å². The molecule has 9 nitrogen and oxygen atoms in total. The lowest BCUT2D eigenvalue weighted by Crippen LogP contribution is -2.46. The highest BCUT2D eigenvalue weighted by molar-refractivity contribution is 7.99. The highest BCUT2D eigenvalue weighted by atomic mass is 32.2. The summed E-state index contributed by atoms with van der Waals surface area (Å²) in [5.41, 5.74) is -0.563. The Morgan fingerprint density at radius 3 is 2.50 bits per heavy atom. The van der Waals surface area contributed by atoms with Crippen LogP contribution in [0.5, 0.6) is 0 Å². The van der Waals surface area contributed by atoms with Gasteiger partial charge in [-0.1, -0.05) is 0 Å². The maximum atomic E-state index is 14.1. The number of aromatic nitrogens is 5. The van der Waals surface area contributed by atoms with Gasteiger partial charge in [0.05, 0.1) is 11.6 Å². The number of amides is 1. The summed E-state index contributed by atoms with van der Waals surface area (Å²) < 4.78 is 19.0. The molecule has 0 radical (unpaired) electrons. The molecule has 3 aromatic rings. The van der Waals surface area contributed by atoms with Crippen LogP contribution in [0.2, 0.25) is 0 Å². The number of carbonyl (C=O) groups excluding carboxylic acids is 1. The van der Waals surface area contributed by atoms with E-state index in [9.17, 15) is 18.8 Å². The molecule has 1 saturated carbocycles. The van der Waals surface area contributed by atoms with Gasteiger partial charge >= 0.3 is 5.69 Å². The fourth-order valence-corrected chi connectivity index (χ4v) is 6.52. The first-order chi connectivity index (χ1) is 17.4. The van der Waals surface area contributed by atoms with E-state index in [1.807, 2.05) is 29.4 Å². The summed E-state index contributed by atoms with van der Waals surface area (Å²) in [7, 11) is 0. The minimum atomic E-state index is -0.590. The molecule has 1 amide bonds. The normalized spacial score (nSPS) is 21.1. The Bertz CT molecular complexity index is 1370. The van der Waals surface area contributed by atoms with Gasteiger partial charge in [-0.25, -0.2) is 19.2 Å². The maximum Gasteiger partial charge on any atom is 0.333 e. The van der Waals surface area contributed by atoms with E-state index in [2.05, 4.69) is 15.3 Å². The van der Waals surface area contributed by atoms with Crippen LogP contribution in [0.15, 0.2) is 34.2 Å². The summed E-state index contributed by atoms with van der Waals surface area (Å²) in [5.74, 6) is 2.13. The van der Waals surface area contributed by atoms with Crippen LogP contribution in [0.3, 0.4) is 0 Å². The Hall–Kier alpha value is -2.95. The molecule has 1 aliphatic carbocycles. The molecule has 0 aromatic carbocycles. The average molecular weight is 515 g/mol. The summed E-state index contributed by atoms with van der Waals surface area (Å²) in [6.45, 7) is 2.48. The zero-order valence-corrected chi connectivity index (χ0v) is 21.2. The standard InChI is InChI=1S/C25H31FN6O3S/c1-16-27-9-11-30(16)10-6-22(33)29-18-2-4-19(5-3-18)32-24(34)21-14-17(26)15-28-23(21)31(25(32)35)20-7-12-36-13-8-20/h9,11,14-15,18-20H,2-8,10,12-13H2,1H3,(H,29,33). The monoisotopic (exact) mass is 514 g/mol. The van der Waals surface area contributed by atoms with Crippen molar-refractivity contribution in [1.82, 2.24) is 29.0 Å². The Balaban J connectivity index is 1.33. The lowest BCUT2D eigenvalue weighted by atomic mass is 9.90. The molecule has 5 rings (SSSR count). The molecular formula is C25H31FN6O3S.